The Morgan fingerprint density at radius 1 is 1.15 bits per heavy atom. The number of aromatic nitrogens is 1. The van der Waals surface area contributed by atoms with E-state index in [-0.39, 0.29) is 11.3 Å². The van der Waals surface area contributed by atoms with Gasteiger partial charge in [-0.15, -0.1) is 0 Å². The molecule has 1 heterocycles. The summed E-state index contributed by atoms with van der Waals surface area (Å²) in [6, 6.07) is 14.7. The smallest absolute Gasteiger partial charge is 0.339 e. The summed E-state index contributed by atoms with van der Waals surface area (Å²) in [5.41, 5.74) is 5.88. The van der Waals surface area contributed by atoms with Crippen LogP contribution in [0, 0.1) is 13.8 Å². The molecular formula is C22H22N2O3. The zero-order chi connectivity index (χ0) is 19.6. The highest BCUT2D eigenvalue weighted by molar-refractivity contribution is 5.92. The molecule has 0 aliphatic rings. The van der Waals surface area contributed by atoms with Crippen molar-refractivity contribution in [2.24, 2.45) is 4.99 Å². The molecule has 0 unspecified atom stereocenters. The van der Waals surface area contributed by atoms with E-state index in [9.17, 15) is 9.90 Å². The average Bonchev–Trinajstić information content (AvgIpc) is 2.94. The van der Waals surface area contributed by atoms with Gasteiger partial charge in [-0.25, -0.2) is 4.79 Å². The summed E-state index contributed by atoms with van der Waals surface area (Å²) in [4.78, 5) is 15.6. The molecule has 138 valence electrons. The van der Waals surface area contributed by atoms with Crippen molar-refractivity contribution in [3.05, 3.63) is 76.6 Å². The van der Waals surface area contributed by atoms with Gasteiger partial charge >= 0.3 is 5.97 Å². The molecular weight excluding hydrogens is 340 g/mol. The highest BCUT2D eigenvalue weighted by Gasteiger charge is 2.12. The topological polar surface area (TPSA) is 74.8 Å². The van der Waals surface area contributed by atoms with E-state index in [0.717, 1.165) is 29.1 Å². The first kappa shape index (κ1) is 18.5. The van der Waals surface area contributed by atoms with E-state index >= 15 is 0 Å². The van der Waals surface area contributed by atoms with E-state index in [0.29, 0.717) is 5.69 Å². The maximum atomic E-state index is 11.2. The number of hydrogen-bond donors (Lipinski definition) is 2. The molecule has 0 radical (unpaired) electrons. The molecule has 3 aromatic rings. The largest absolute Gasteiger partial charge is 0.507 e. The predicted molar refractivity (Wildman–Crippen MR) is 107 cm³/mol. The number of carboxylic acids is 1. The molecule has 1 aromatic heterocycles. The summed E-state index contributed by atoms with van der Waals surface area (Å²) in [7, 11) is 0. The first-order valence-corrected chi connectivity index (χ1v) is 8.80. The number of hydrogen-bond acceptors (Lipinski definition) is 3. The van der Waals surface area contributed by atoms with Gasteiger partial charge in [-0.3, -0.25) is 4.99 Å². The quantitative estimate of drug-likeness (QED) is 0.640. The molecule has 0 fully saturated rings. The number of carbonyl (C=O) groups is 1. The van der Waals surface area contributed by atoms with E-state index in [1.807, 2.05) is 19.1 Å². The maximum Gasteiger partial charge on any atom is 0.339 e. The number of nitrogens with zero attached hydrogens (tertiary/aromatic N) is 2. The molecule has 2 aromatic carbocycles. The number of para-hydroxylation sites is 1. The number of aromatic carboxylic acids is 1. The van der Waals surface area contributed by atoms with E-state index in [4.69, 9.17) is 5.11 Å². The van der Waals surface area contributed by atoms with E-state index in [2.05, 4.69) is 41.6 Å². The highest BCUT2D eigenvalue weighted by Crippen LogP contribution is 2.25. The van der Waals surface area contributed by atoms with Crippen molar-refractivity contribution < 1.29 is 15.0 Å². The lowest BCUT2D eigenvalue weighted by Gasteiger charge is -2.13. The zero-order valence-corrected chi connectivity index (χ0v) is 15.6. The van der Waals surface area contributed by atoms with Crippen LogP contribution in [0.4, 0.5) is 5.69 Å². The van der Waals surface area contributed by atoms with Gasteiger partial charge in [0.05, 0.1) is 5.69 Å². The predicted octanol–water partition coefficient (Wildman–Crippen LogP) is 4.81. The van der Waals surface area contributed by atoms with Crippen LogP contribution in [-0.4, -0.2) is 27.0 Å². The number of rotatable bonds is 5. The molecule has 0 saturated carbocycles. The van der Waals surface area contributed by atoms with Gasteiger partial charge in [-0.2, -0.15) is 0 Å². The SMILES string of the molecule is CCc1ccccc1-n1c(C)cc(C=Nc2ccc(O)c(C(=O)O)c2)c1C. The molecule has 0 aliphatic carbocycles. The third-order valence-electron chi connectivity index (χ3n) is 4.65. The van der Waals surface area contributed by atoms with Gasteiger partial charge < -0.3 is 14.8 Å². The summed E-state index contributed by atoms with van der Waals surface area (Å²) < 4.78 is 2.21. The van der Waals surface area contributed by atoms with Crippen molar-refractivity contribution in [2.45, 2.75) is 27.2 Å². The molecule has 0 bridgehead atoms. The molecule has 0 aliphatic heterocycles. The molecule has 27 heavy (non-hydrogen) atoms. The standard InChI is InChI=1S/C22H22N2O3/c1-4-16-7-5-6-8-20(16)24-14(2)11-17(15(24)3)13-23-18-9-10-21(25)19(12-18)22(26)27/h5-13,25H,4H2,1-3H3,(H,26,27). The van der Waals surface area contributed by atoms with Crippen molar-refractivity contribution in [1.82, 2.24) is 4.57 Å². The minimum Gasteiger partial charge on any atom is -0.507 e. The van der Waals surface area contributed by atoms with Crippen LogP contribution in [0.2, 0.25) is 0 Å². The van der Waals surface area contributed by atoms with Crippen LogP contribution in [0.5, 0.6) is 5.75 Å². The van der Waals surface area contributed by atoms with Gasteiger partial charge in [0.2, 0.25) is 0 Å². The van der Waals surface area contributed by atoms with Crippen LogP contribution in [0.1, 0.15) is 39.8 Å². The van der Waals surface area contributed by atoms with Gasteiger partial charge in [0.1, 0.15) is 11.3 Å². The van der Waals surface area contributed by atoms with Crippen molar-refractivity contribution >= 4 is 17.9 Å². The lowest BCUT2D eigenvalue weighted by Crippen LogP contribution is -2.03. The lowest BCUT2D eigenvalue weighted by molar-refractivity contribution is 0.0694. The Morgan fingerprint density at radius 2 is 1.89 bits per heavy atom. The number of carboxylic acid groups (broad SMARTS) is 1. The molecule has 0 atom stereocenters. The fourth-order valence-corrected chi connectivity index (χ4v) is 3.24. The fourth-order valence-electron chi connectivity index (χ4n) is 3.24. The van der Waals surface area contributed by atoms with Crippen LogP contribution in [0.3, 0.4) is 0 Å². The van der Waals surface area contributed by atoms with Crippen LogP contribution in [0.15, 0.2) is 53.5 Å². The molecule has 2 N–H and O–H groups in total. The number of benzene rings is 2. The maximum absolute atomic E-state index is 11.2. The number of phenols is 1. The minimum absolute atomic E-state index is 0.160. The van der Waals surface area contributed by atoms with Crippen molar-refractivity contribution in [1.29, 1.82) is 0 Å². The molecule has 3 rings (SSSR count). The summed E-state index contributed by atoms with van der Waals surface area (Å²) in [6.45, 7) is 6.24. The average molecular weight is 362 g/mol. The second kappa shape index (κ2) is 7.50. The zero-order valence-electron chi connectivity index (χ0n) is 15.6. The summed E-state index contributed by atoms with van der Waals surface area (Å²) in [5, 5.41) is 18.7. The second-order valence-electron chi connectivity index (χ2n) is 6.41. The fraction of sp³-hybridized carbons (Fsp3) is 0.182. The first-order chi connectivity index (χ1) is 12.9. The Labute approximate surface area is 158 Å². The summed E-state index contributed by atoms with van der Waals surface area (Å²) in [6.07, 6.45) is 2.67. The van der Waals surface area contributed by atoms with Crippen LogP contribution in [-0.2, 0) is 6.42 Å². The van der Waals surface area contributed by atoms with Gasteiger partial charge in [0.15, 0.2) is 0 Å². The molecule has 5 nitrogen and oxygen atoms in total. The third kappa shape index (κ3) is 3.62. The first-order valence-electron chi connectivity index (χ1n) is 8.80. The number of aliphatic imine (C=N–C) groups is 1. The summed E-state index contributed by atoms with van der Waals surface area (Å²) in [5.74, 6) is -1.45. The third-order valence-corrected chi connectivity index (χ3v) is 4.65. The van der Waals surface area contributed by atoms with E-state index in [1.54, 1.807) is 12.3 Å². The lowest BCUT2D eigenvalue weighted by atomic mass is 10.1. The Balaban J connectivity index is 1.99. The Kier molecular flexibility index (Phi) is 5.12. The van der Waals surface area contributed by atoms with Gasteiger partial charge in [-0.1, -0.05) is 25.1 Å². The van der Waals surface area contributed by atoms with Gasteiger partial charge in [0, 0.05) is 28.9 Å². The van der Waals surface area contributed by atoms with Crippen LogP contribution in [0.25, 0.3) is 5.69 Å². The van der Waals surface area contributed by atoms with Gasteiger partial charge in [0.25, 0.3) is 0 Å². The van der Waals surface area contributed by atoms with Crippen LogP contribution >= 0.6 is 0 Å². The Hall–Kier alpha value is -3.34. The Morgan fingerprint density at radius 3 is 2.59 bits per heavy atom. The number of aryl methyl sites for hydroxylation is 2. The van der Waals surface area contributed by atoms with E-state index in [1.165, 1.54) is 17.7 Å². The molecule has 5 heteroatoms. The normalized spacial score (nSPS) is 11.2. The Bertz CT molecular complexity index is 1030. The minimum atomic E-state index is -1.18. The molecule has 0 saturated heterocycles. The monoisotopic (exact) mass is 362 g/mol. The highest BCUT2D eigenvalue weighted by atomic mass is 16.4. The van der Waals surface area contributed by atoms with Crippen molar-refractivity contribution in [3.8, 4) is 11.4 Å². The second-order valence-corrected chi connectivity index (χ2v) is 6.41. The summed E-state index contributed by atoms with van der Waals surface area (Å²) >= 11 is 0. The van der Waals surface area contributed by atoms with Crippen LogP contribution < -0.4 is 0 Å². The molecule has 0 spiro atoms. The van der Waals surface area contributed by atoms with Gasteiger partial charge in [-0.05, 0) is 56.2 Å². The molecule has 0 amide bonds. The van der Waals surface area contributed by atoms with E-state index < -0.39 is 5.97 Å². The van der Waals surface area contributed by atoms with Crippen molar-refractivity contribution in [2.75, 3.05) is 0 Å². The number of aromatic hydroxyl groups is 1. The van der Waals surface area contributed by atoms with Crippen molar-refractivity contribution in [3.63, 3.8) is 0 Å².